The van der Waals surface area contributed by atoms with Gasteiger partial charge in [0, 0.05) is 0 Å². The van der Waals surface area contributed by atoms with Gasteiger partial charge in [-0.1, -0.05) is 6.07 Å². The lowest BCUT2D eigenvalue weighted by atomic mass is 10.2. The van der Waals surface area contributed by atoms with Gasteiger partial charge in [-0.15, -0.1) is 11.3 Å². The van der Waals surface area contributed by atoms with E-state index in [9.17, 15) is 4.79 Å². The van der Waals surface area contributed by atoms with Crippen molar-refractivity contribution in [3.63, 3.8) is 0 Å². The molecule has 0 aliphatic carbocycles. The summed E-state index contributed by atoms with van der Waals surface area (Å²) in [5.41, 5.74) is 3.29. The van der Waals surface area contributed by atoms with Crippen molar-refractivity contribution < 1.29 is 14.3 Å². The van der Waals surface area contributed by atoms with Crippen LogP contribution in [0.1, 0.15) is 22.2 Å². The fourth-order valence-electron chi connectivity index (χ4n) is 1.67. The number of methoxy groups -OCH3 is 1. The summed E-state index contributed by atoms with van der Waals surface area (Å²) >= 11 is 1.37. The Bertz CT molecular complexity index is 624. The number of rotatable bonds is 6. The van der Waals surface area contributed by atoms with E-state index < -0.39 is 0 Å². The van der Waals surface area contributed by atoms with Gasteiger partial charge >= 0.3 is 0 Å². The van der Waals surface area contributed by atoms with E-state index in [-0.39, 0.29) is 5.91 Å². The van der Waals surface area contributed by atoms with Gasteiger partial charge in [0.1, 0.15) is 0 Å². The monoisotopic (exact) mass is 304 g/mol. The molecule has 1 aromatic carbocycles. The molecule has 21 heavy (non-hydrogen) atoms. The highest BCUT2D eigenvalue weighted by molar-refractivity contribution is 7.12. The van der Waals surface area contributed by atoms with Crippen molar-refractivity contribution in [1.29, 1.82) is 0 Å². The molecule has 1 N–H and O–H groups in total. The summed E-state index contributed by atoms with van der Waals surface area (Å²) in [5.74, 6) is 1.09. The van der Waals surface area contributed by atoms with E-state index in [1.807, 2.05) is 30.5 Å². The molecule has 0 unspecified atom stereocenters. The van der Waals surface area contributed by atoms with Crippen LogP contribution in [0.15, 0.2) is 40.8 Å². The summed E-state index contributed by atoms with van der Waals surface area (Å²) in [5, 5.41) is 5.78. The van der Waals surface area contributed by atoms with Gasteiger partial charge in [0.25, 0.3) is 5.91 Å². The fourth-order valence-corrected chi connectivity index (χ4v) is 2.28. The number of thiophene rings is 1. The number of hydrogen-bond acceptors (Lipinski definition) is 5. The number of amides is 1. The molecule has 2 aromatic rings. The normalized spacial score (nSPS) is 10.6. The molecule has 110 valence electrons. The standard InChI is InChI=1S/C15H16N2O3S/c1-3-20-12-7-6-11(9-13(12)19-2)10-16-17-15(18)14-5-4-8-21-14/h4-10H,3H2,1-2H3,(H,17,18)/b16-10+. The fraction of sp³-hybridized carbons (Fsp3) is 0.200. The number of hydrazone groups is 1. The molecule has 0 bridgehead atoms. The molecule has 0 aliphatic rings. The Hall–Kier alpha value is -2.34. The molecule has 0 atom stereocenters. The van der Waals surface area contributed by atoms with E-state index in [4.69, 9.17) is 9.47 Å². The second kappa shape index (κ2) is 7.44. The van der Waals surface area contributed by atoms with Crippen molar-refractivity contribution in [2.75, 3.05) is 13.7 Å². The van der Waals surface area contributed by atoms with Crippen molar-refractivity contribution in [1.82, 2.24) is 5.43 Å². The van der Waals surface area contributed by atoms with E-state index in [0.717, 1.165) is 5.56 Å². The number of ether oxygens (including phenoxy) is 2. The lowest BCUT2D eigenvalue weighted by molar-refractivity contribution is 0.0959. The number of carbonyl (C=O) groups excluding carboxylic acids is 1. The maximum Gasteiger partial charge on any atom is 0.281 e. The molecule has 1 heterocycles. The van der Waals surface area contributed by atoms with Crippen LogP contribution in [0.25, 0.3) is 0 Å². The largest absolute Gasteiger partial charge is 0.493 e. The summed E-state index contributed by atoms with van der Waals surface area (Å²) in [4.78, 5) is 12.3. The van der Waals surface area contributed by atoms with E-state index in [2.05, 4.69) is 10.5 Å². The number of carbonyl (C=O) groups is 1. The van der Waals surface area contributed by atoms with Crippen LogP contribution in [-0.4, -0.2) is 25.8 Å². The van der Waals surface area contributed by atoms with Crippen LogP contribution in [0, 0.1) is 0 Å². The van der Waals surface area contributed by atoms with Crippen LogP contribution in [0.3, 0.4) is 0 Å². The minimum atomic E-state index is -0.223. The maximum absolute atomic E-state index is 11.7. The average Bonchev–Trinajstić information content (AvgIpc) is 3.03. The Morgan fingerprint density at radius 1 is 1.38 bits per heavy atom. The van der Waals surface area contributed by atoms with Crippen molar-refractivity contribution >= 4 is 23.5 Å². The van der Waals surface area contributed by atoms with E-state index in [0.29, 0.717) is 23.0 Å². The molecule has 0 spiro atoms. The molecule has 6 heteroatoms. The average molecular weight is 304 g/mol. The lowest BCUT2D eigenvalue weighted by Gasteiger charge is -2.09. The van der Waals surface area contributed by atoms with E-state index in [1.54, 1.807) is 25.5 Å². The number of hydrogen-bond donors (Lipinski definition) is 1. The molecule has 0 fully saturated rings. The Balaban J connectivity index is 2.02. The predicted molar refractivity (Wildman–Crippen MR) is 83.5 cm³/mol. The van der Waals surface area contributed by atoms with Crippen LogP contribution in [0.2, 0.25) is 0 Å². The van der Waals surface area contributed by atoms with Gasteiger partial charge in [0.2, 0.25) is 0 Å². The molecule has 0 saturated heterocycles. The molecular formula is C15H16N2O3S. The van der Waals surface area contributed by atoms with Crippen LogP contribution in [0.5, 0.6) is 11.5 Å². The molecule has 1 aromatic heterocycles. The first-order valence-corrected chi connectivity index (χ1v) is 7.30. The van der Waals surface area contributed by atoms with Crippen LogP contribution < -0.4 is 14.9 Å². The highest BCUT2D eigenvalue weighted by Crippen LogP contribution is 2.27. The molecular weight excluding hydrogens is 288 g/mol. The molecule has 1 amide bonds. The first kappa shape index (κ1) is 15.1. The summed E-state index contributed by atoms with van der Waals surface area (Å²) in [7, 11) is 1.58. The highest BCUT2D eigenvalue weighted by Gasteiger charge is 2.05. The SMILES string of the molecule is CCOc1ccc(/C=N/NC(=O)c2cccs2)cc1OC. The summed E-state index contributed by atoms with van der Waals surface area (Å²) in [6.45, 7) is 2.48. The first-order valence-electron chi connectivity index (χ1n) is 6.42. The minimum absolute atomic E-state index is 0.223. The van der Waals surface area contributed by atoms with Crippen LogP contribution >= 0.6 is 11.3 Å². The minimum Gasteiger partial charge on any atom is -0.493 e. The maximum atomic E-state index is 11.7. The Morgan fingerprint density at radius 2 is 2.24 bits per heavy atom. The molecule has 0 saturated carbocycles. The Labute approximate surface area is 127 Å². The highest BCUT2D eigenvalue weighted by atomic mass is 32.1. The van der Waals surface area contributed by atoms with Gasteiger partial charge in [0.05, 0.1) is 24.8 Å². The molecule has 5 nitrogen and oxygen atoms in total. The quantitative estimate of drug-likeness (QED) is 0.659. The predicted octanol–water partition coefficient (Wildman–Crippen LogP) is 2.92. The van der Waals surface area contributed by atoms with Crippen molar-refractivity contribution in [3.05, 3.63) is 46.2 Å². The van der Waals surface area contributed by atoms with Gasteiger partial charge in [-0.3, -0.25) is 4.79 Å². The van der Waals surface area contributed by atoms with Gasteiger partial charge in [-0.05, 0) is 42.1 Å². The van der Waals surface area contributed by atoms with Crippen molar-refractivity contribution in [3.8, 4) is 11.5 Å². The third-order valence-electron chi connectivity index (χ3n) is 2.61. The first-order chi connectivity index (χ1) is 10.2. The van der Waals surface area contributed by atoms with Gasteiger partial charge in [-0.2, -0.15) is 5.10 Å². The number of nitrogens with zero attached hydrogens (tertiary/aromatic N) is 1. The third kappa shape index (κ3) is 4.06. The molecule has 2 rings (SSSR count). The molecule has 0 aliphatic heterocycles. The Morgan fingerprint density at radius 3 is 2.90 bits per heavy atom. The van der Waals surface area contributed by atoms with Gasteiger partial charge in [0.15, 0.2) is 11.5 Å². The lowest BCUT2D eigenvalue weighted by Crippen LogP contribution is -2.16. The summed E-state index contributed by atoms with van der Waals surface area (Å²) < 4.78 is 10.7. The summed E-state index contributed by atoms with van der Waals surface area (Å²) in [6.07, 6.45) is 1.56. The topological polar surface area (TPSA) is 59.9 Å². The smallest absolute Gasteiger partial charge is 0.281 e. The Kier molecular flexibility index (Phi) is 5.34. The zero-order valence-electron chi connectivity index (χ0n) is 11.8. The van der Waals surface area contributed by atoms with E-state index >= 15 is 0 Å². The van der Waals surface area contributed by atoms with Crippen LogP contribution in [-0.2, 0) is 0 Å². The van der Waals surface area contributed by atoms with Crippen LogP contribution in [0.4, 0.5) is 0 Å². The van der Waals surface area contributed by atoms with E-state index in [1.165, 1.54) is 11.3 Å². The van der Waals surface area contributed by atoms with Crippen molar-refractivity contribution in [2.45, 2.75) is 6.92 Å². The van der Waals surface area contributed by atoms with Gasteiger partial charge in [-0.25, -0.2) is 5.43 Å². The molecule has 0 radical (unpaired) electrons. The number of benzene rings is 1. The zero-order chi connectivity index (χ0) is 15.1. The van der Waals surface area contributed by atoms with Crippen molar-refractivity contribution in [2.24, 2.45) is 5.10 Å². The second-order valence-electron chi connectivity index (χ2n) is 4.02. The summed E-state index contributed by atoms with van der Waals surface area (Å²) in [6, 6.07) is 9.01. The zero-order valence-corrected chi connectivity index (χ0v) is 12.6. The third-order valence-corrected chi connectivity index (χ3v) is 3.48. The second-order valence-corrected chi connectivity index (χ2v) is 4.97. The van der Waals surface area contributed by atoms with Gasteiger partial charge < -0.3 is 9.47 Å². The number of nitrogens with one attached hydrogen (secondary N) is 1.